The minimum atomic E-state index is -4.37. The largest absolute Gasteiger partial charge is 0.453 e. The molecule has 0 aromatic rings. The summed E-state index contributed by atoms with van der Waals surface area (Å²) in [6.45, 7) is 10.6. The van der Waals surface area contributed by atoms with Crippen LogP contribution >= 0.6 is 0 Å². The summed E-state index contributed by atoms with van der Waals surface area (Å²) in [5.41, 5.74) is -2.57. The molecule has 4 aliphatic heterocycles. The summed E-state index contributed by atoms with van der Waals surface area (Å²) in [6.07, 6.45) is -7.90. The second-order valence-corrected chi connectivity index (χ2v) is 16.6. The highest BCUT2D eigenvalue weighted by atomic mass is 19.3. The molecule has 4 fully saturated rings. The molecule has 4 aliphatic rings. The lowest BCUT2D eigenvalue weighted by molar-refractivity contribution is -0.184. The normalized spacial score (nSPS) is 24.0. The lowest BCUT2D eigenvalue weighted by Gasteiger charge is -2.39. The summed E-state index contributed by atoms with van der Waals surface area (Å²) in [5.74, 6) is -17.2. The fourth-order valence-electron chi connectivity index (χ4n) is 7.09. The van der Waals surface area contributed by atoms with Gasteiger partial charge < -0.3 is 28.7 Å². The number of hydrogen-bond donors (Lipinski definition) is 1. The molecule has 17 nitrogen and oxygen atoms in total. The maximum absolute atomic E-state index is 15.9. The van der Waals surface area contributed by atoms with E-state index in [9.17, 15) is 38.4 Å². The van der Waals surface area contributed by atoms with Crippen molar-refractivity contribution in [3.8, 4) is 0 Å². The number of likely N-dealkylation sites (tertiary alicyclic amines) is 2. The summed E-state index contributed by atoms with van der Waals surface area (Å²) in [7, 11) is 0. The van der Waals surface area contributed by atoms with E-state index >= 15 is 17.6 Å². The van der Waals surface area contributed by atoms with Crippen LogP contribution in [0.1, 0.15) is 93.9 Å². The molecule has 6 amide bonds. The van der Waals surface area contributed by atoms with Gasteiger partial charge in [-0.05, 0) is 81.1 Å². The average Bonchev–Trinajstić information content (AvgIpc) is 3.91. The zero-order valence-corrected chi connectivity index (χ0v) is 33.2. The summed E-state index contributed by atoms with van der Waals surface area (Å²) in [6, 6.07) is -7.79. The molecule has 21 heteroatoms. The zero-order chi connectivity index (χ0) is 43.0. The van der Waals surface area contributed by atoms with Crippen molar-refractivity contribution in [3.05, 3.63) is 0 Å². The summed E-state index contributed by atoms with van der Waals surface area (Å²) < 4.78 is 84.1. The van der Waals surface area contributed by atoms with Gasteiger partial charge in [-0.3, -0.25) is 43.9 Å². The molecule has 0 unspecified atom stereocenters. The fourth-order valence-corrected chi connectivity index (χ4v) is 7.09. The Morgan fingerprint density at radius 2 is 0.930 bits per heavy atom. The highest BCUT2D eigenvalue weighted by Gasteiger charge is 2.63. The third-order valence-electron chi connectivity index (χ3n) is 9.80. The second-order valence-electron chi connectivity index (χ2n) is 16.6. The summed E-state index contributed by atoms with van der Waals surface area (Å²) >= 11 is 0. The van der Waals surface area contributed by atoms with Crippen LogP contribution in [0.15, 0.2) is 0 Å². The van der Waals surface area contributed by atoms with Crippen molar-refractivity contribution in [1.29, 1.82) is 0 Å². The molecule has 1 N–H and O–H groups in total. The Bertz CT molecular complexity index is 1500. The van der Waals surface area contributed by atoms with Gasteiger partial charge in [-0.25, -0.2) is 9.59 Å². The first-order chi connectivity index (χ1) is 26.2. The number of ether oxygens (including phenoxy) is 4. The first kappa shape index (κ1) is 45.0. The van der Waals surface area contributed by atoms with Gasteiger partial charge in [0.15, 0.2) is 12.2 Å². The van der Waals surface area contributed by atoms with Gasteiger partial charge in [-0.2, -0.15) is 17.6 Å². The van der Waals surface area contributed by atoms with Crippen LogP contribution in [0.5, 0.6) is 0 Å². The van der Waals surface area contributed by atoms with Crippen LogP contribution in [-0.2, 0) is 47.7 Å². The van der Waals surface area contributed by atoms with Gasteiger partial charge >= 0.3 is 36.0 Å². The zero-order valence-electron chi connectivity index (χ0n) is 33.2. The van der Waals surface area contributed by atoms with Crippen LogP contribution in [0.25, 0.3) is 0 Å². The number of rotatable bonds is 10. The van der Waals surface area contributed by atoms with Crippen LogP contribution < -0.4 is 5.32 Å². The lowest BCUT2D eigenvalue weighted by Crippen LogP contribution is -2.63. The molecule has 0 spiro atoms. The van der Waals surface area contributed by atoms with Crippen LogP contribution in [-0.4, -0.2) is 153 Å². The van der Waals surface area contributed by atoms with Gasteiger partial charge in [0.2, 0.25) is 11.8 Å². The molecular formula is C36H51F4N5O12. The Balaban J connectivity index is 1.65. The van der Waals surface area contributed by atoms with Crippen LogP contribution in [0.4, 0.5) is 27.2 Å². The molecule has 6 atom stereocenters. The van der Waals surface area contributed by atoms with E-state index in [1.807, 2.05) is 5.32 Å². The van der Waals surface area contributed by atoms with Gasteiger partial charge in [0.25, 0.3) is 11.8 Å². The maximum atomic E-state index is 15.9. The number of nitrogens with one attached hydrogen (secondary N) is 1. The number of hydrogen-bond acceptors (Lipinski definition) is 12. The quantitative estimate of drug-likeness (QED) is 0.193. The highest BCUT2D eigenvalue weighted by Crippen LogP contribution is 2.38. The number of carbonyl (C=O) groups is 8. The van der Waals surface area contributed by atoms with Gasteiger partial charge in [-0.15, -0.1) is 0 Å². The molecule has 4 rings (SSSR count). The Labute approximate surface area is 326 Å². The smallest absolute Gasteiger partial charge is 0.411 e. The van der Waals surface area contributed by atoms with E-state index in [-0.39, 0.29) is 26.2 Å². The Hall–Kier alpha value is -4.72. The Morgan fingerprint density at radius 1 is 0.632 bits per heavy atom. The lowest BCUT2D eigenvalue weighted by atomic mass is 9.99. The third kappa shape index (κ3) is 10.1. The molecule has 0 saturated carbocycles. The number of esters is 2. The van der Waals surface area contributed by atoms with E-state index in [4.69, 9.17) is 18.9 Å². The monoisotopic (exact) mass is 821 g/mol. The number of carbonyl (C=O) groups excluding carboxylic acids is 8. The molecule has 0 aliphatic carbocycles. The minimum Gasteiger partial charge on any atom is -0.453 e. The number of alkyl halides is 4. The predicted octanol–water partition coefficient (Wildman–Crippen LogP) is 2.76. The van der Waals surface area contributed by atoms with Crippen molar-refractivity contribution in [2.24, 2.45) is 0 Å². The second kappa shape index (κ2) is 16.6. The molecular weight excluding hydrogens is 770 g/mol. The van der Waals surface area contributed by atoms with Gasteiger partial charge in [0.1, 0.15) is 23.3 Å². The SMILES string of the molecule is C[C@H](C(=O)NC(=O)[C@@H](C)N(C(=O)OC(C)(C)C)[C@@H]1CC(=O)O[C@@H]1C(F)(F)C(=O)N1CCCC1)N(C(=O)OC(C)(C)C)[C@@H]1CC(=O)O[C@@H]1C(F)(F)C(=O)N1CCCC1. The number of imide groups is 1. The number of amides is 6. The van der Waals surface area contributed by atoms with Gasteiger partial charge in [-0.1, -0.05) is 0 Å². The van der Waals surface area contributed by atoms with Crippen LogP contribution in [0.2, 0.25) is 0 Å². The first-order valence-corrected chi connectivity index (χ1v) is 18.8. The van der Waals surface area contributed by atoms with Crippen molar-refractivity contribution in [2.75, 3.05) is 26.2 Å². The van der Waals surface area contributed by atoms with Crippen LogP contribution in [0.3, 0.4) is 0 Å². The molecule has 0 aromatic heterocycles. The first-order valence-electron chi connectivity index (χ1n) is 18.8. The van der Waals surface area contributed by atoms with Crippen molar-refractivity contribution >= 4 is 47.8 Å². The Morgan fingerprint density at radius 3 is 1.21 bits per heavy atom. The van der Waals surface area contributed by atoms with E-state index in [0.29, 0.717) is 35.5 Å². The van der Waals surface area contributed by atoms with E-state index in [2.05, 4.69) is 0 Å². The molecule has 4 saturated heterocycles. The van der Waals surface area contributed by atoms with Gasteiger partial charge in [0.05, 0.1) is 24.9 Å². The fraction of sp³-hybridized carbons (Fsp3) is 0.778. The highest BCUT2D eigenvalue weighted by molar-refractivity contribution is 6.01. The summed E-state index contributed by atoms with van der Waals surface area (Å²) in [5, 5.41) is 1.93. The van der Waals surface area contributed by atoms with Gasteiger partial charge in [0, 0.05) is 26.2 Å². The third-order valence-corrected chi connectivity index (χ3v) is 9.80. The standard InChI is InChI=1S/C36H51F4N5O12/c1-19(44(31(52)56-33(3,4)5)21-17-23(46)54-25(21)35(37,38)29(50)42-13-9-10-14-42)27(48)41-28(49)20(2)45(32(53)57-34(6,7)8)22-18-24(47)55-26(22)36(39,40)30(51)43-15-11-12-16-43/h19-22,25-26H,9-18H2,1-8H3,(H,41,48,49)/t19-,20-,21-,22-,25+,26+/m1/s1. The molecule has 57 heavy (non-hydrogen) atoms. The minimum absolute atomic E-state index is 0.0171. The van der Waals surface area contributed by atoms with E-state index in [1.54, 1.807) is 0 Å². The summed E-state index contributed by atoms with van der Waals surface area (Å²) in [4.78, 5) is 109. The van der Waals surface area contributed by atoms with Crippen molar-refractivity contribution in [2.45, 2.75) is 153 Å². The number of cyclic esters (lactones) is 2. The molecule has 0 radical (unpaired) electrons. The topological polar surface area (TPSA) is 198 Å². The molecule has 0 bridgehead atoms. The number of halogens is 4. The predicted molar refractivity (Wildman–Crippen MR) is 186 cm³/mol. The Kier molecular flexibility index (Phi) is 13.1. The number of nitrogens with zero attached hydrogens (tertiary/aromatic N) is 4. The molecule has 0 aromatic carbocycles. The van der Waals surface area contributed by atoms with Crippen molar-refractivity contribution in [3.63, 3.8) is 0 Å². The maximum Gasteiger partial charge on any atom is 0.411 e. The van der Waals surface area contributed by atoms with E-state index in [0.717, 1.165) is 23.6 Å². The van der Waals surface area contributed by atoms with Crippen molar-refractivity contribution < 1.29 is 74.9 Å². The molecule has 4 heterocycles. The van der Waals surface area contributed by atoms with E-state index < -0.39 is 120 Å². The van der Waals surface area contributed by atoms with Crippen LogP contribution in [0, 0.1) is 0 Å². The van der Waals surface area contributed by atoms with Crippen molar-refractivity contribution in [1.82, 2.24) is 24.9 Å². The average molecular weight is 822 g/mol. The van der Waals surface area contributed by atoms with E-state index in [1.165, 1.54) is 41.5 Å². The molecule has 320 valence electrons.